The first-order valence-corrected chi connectivity index (χ1v) is 7.36. The van der Waals surface area contributed by atoms with Gasteiger partial charge in [-0.05, 0) is 15.9 Å². The molecule has 1 aliphatic heterocycles. The zero-order valence-corrected chi connectivity index (χ0v) is 13.0. The molecule has 3 N–H and O–H groups in total. The number of halogens is 1. The molecule has 21 heavy (non-hydrogen) atoms. The molecule has 1 saturated heterocycles. The van der Waals surface area contributed by atoms with Crippen molar-refractivity contribution >= 4 is 33.7 Å². The summed E-state index contributed by atoms with van der Waals surface area (Å²) in [5.41, 5.74) is 5.17. The van der Waals surface area contributed by atoms with Crippen LogP contribution in [-0.4, -0.2) is 66.0 Å². The smallest absolute Gasteiger partial charge is 0.242 e. The van der Waals surface area contributed by atoms with Crippen molar-refractivity contribution in [1.29, 1.82) is 0 Å². The van der Waals surface area contributed by atoms with Gasteiger partial charge in [-0.15, -0.1) is 0 Å². The fraction of sp³-hybridized carbons (Fsp3) is 0.500. The van der Waals surface area contributed by atoms with Crippen LogP contribution in [0.3, 0.4) is 0 Å². The number of nitrogens with one attached hydrogen (secondary N) is 1. The Morgan fingerprint density at radius 3 is 2.43 bits per heavy atom. The van der Waals surface area contributed by atoms with Crippen LogP contribution in [0.15, 0.2) is 16.9 Å². The van der Waals surface area contributed by atoms with Crippen molar-refractivity contribution in [2.24, 2.45) is 5.73 Å². The Labute approximate surface area is 130 Å². The summed E-state index contributed by atoms with van der Waals surface area (Å²) in [5.74, 6) is 0.222. The van der Waals surface area contributed by atoms with Crippen LogP contribution < -0.4 is 16.0 Å². The Balaban J connectivity index is 1.81. The van der Waals surface area contributed by atoms with Crippen LogP contribution in [0, 0.1) is 0 Å². The van der Waals surface area contributed by atoms with Gasteiger partial charge in [0.1, 0.15) is 0 Å². The molecule has 2 amide bonds. The van der Waals surface area contributed by atoms with Gasteiger partial charge >= 0.3 is 0 Å². The lowest BCUT2D eigenvalue weighted by Gasteiger charge is -2.34. The number of piperazine rings is 1. The van der Waals surface area contributed by atoms with Gasteiger partial charge in [0.15, 0.2) is 0 Å². The van der Waals surface area contributed by atoms with Crippen molar-refractivity contribution in [1.82, 2.24) is 20.2 Å². The molecule has 0 unspecified atom stereocenters. The largest absolute Gasteiger partial charge is 0.346 e. The summed E-state index contributed by atoms with van der Waals surface area (Å²) in [5, 5.41) is 2.48. The van der Waals surface area contributed by atoms with Crippen molar-refractivity contribution in [2.75, 3.05) is 44.2 Å². The number of carbonyl (C=O) groups is 2. The predicted octanol–water partition coefficient (Wildman–Crippen LogP) is -1.04. The molecule has 0 aromatic carbocycles. The summed E-state index contributed by atoms with van der Waals surface area (Å²) in [6, 6.07) is 0. The molecule has 0 aliphatic carbocycles. The number of rotatable bonds is 4. The number of anilines is 1. The molecule has 9 heteroatoms. The van der Waals surface area contributed by atoms with Gasteiger partial charge in [0.25, 0.3) is 0 Å². The number of hydrogen-bond donors (Lipinski definition) is 2. The lowest BCUT2D eigenvalue weighted by atomic mass is 10.3. The summed E-state index contributed by atoms with van der Waals surface area (Å²) in [4.78, 5) is 35.2. The average molecular weight is 357 g/mol. The molecule has 114 valence electrons. The SMILES string of the molecule is NCC(=O)NCC(=O)N1CCN(c2ncc(Br)cn2)CC1. The van der Waals surface area contributed by atoms with Gasteiger partial charge in [-0.1, -0.05) is 0 Å². The maximum absolute atomic E-state index is 11.9. The third kappa shape index (κ3) is 4.36. The lowest BCUT2D eigenvalue weighted by molar-refractivity contribution is -0.132. The Bertz CT molecular complexity index is 501. The highest BCUT2D eigenvalue weighted by Gasteiger charge is 2.22. The molecule has 8 nitrogen and oxygen atoms in total. The van der Waals surface area contributed by atoms with Crippen LogP contribution >= 0.6 is 15.9 Å². The molecule has 0 saturated carbocycles. The van der Waals surface area contributed by atoms with Crippen LogP contribution in [0.2, 0.25) is 0 Å². The van der Waals surface area contributed by atoms with Gasteiger partial charge in [0, 0.05) is 38.6 Å². The second-order valence-corrected chi connectivity index (χ2v) is 5.47. The van der Waals surface area contributed by atoms with Crippen molar-refractivity contribution in [3.8, 4) is 0 Å². The summed E-state index contributed by atoms with van der Waals surface area (Å²) >= 11 is 3.29. The molecule has 1 aromatic rings. The summed E-state index contributed by atoms with van der Waals surface area (Å²) < 4.78 is 0.829. The van der Waals surface area contributed by atoms with Gasteiger partial charge in [-0.25, -0.2) is 9.97 Å². The number of amides is 2. The van der Waals surface area contributed by atoms with E-state index < -0.39 is 0 Å². The van der Waals surface area contributed by atoms with E-state index in [2.05, 4.69) is 31.2 Å². The molecule has 0 bridgehead atoms. The van der Waals surface area contributed by atoms with Crippen LogP contribution in [0.1, 0.15) is 0 Å². The van der Waals surface area contributed by atoms with Crippen molar-refractivity contribution < 1.29 is 9.59 Å². The predicted molar refractivity (Wildman–Crippen MR) is 80.6 cm³/mol. The number of carbonyl (C=O) groups excluding carboxylic acids is 2. The van der Waals surface area contributed by atoms with Gasteiger partial charge in [0.2, 0.25) is 17.8 Å². The van der Waals surface area contributed by atoms with Gasteiger partial charge in [0.05, 0.1) is 17.6 Å². The minimum Gasteiger partial charge on any atom is -0.346 e. The fourth-order valence-corrected chi connectivity index (χ4v) is 2.19. The van der Waals surface area contributed by atoms with Crippen molar-refractivity contribution in [3.63, 3.8) is 0 Å². The second kappa shape index (κ2) is 7.32. The van der Waals surface area contributed by atoms with E-state index in [0.717, 1.165) is 4.47 Å². The van der Waals surface area contributed by atoms with Crippen LogP contribution in [0.5, 0.6) is 0 Å². The van der Waals surface area contributed by atoms with Crippen molar-refractivity contribution in [3.05, 3.63) is 16.9 Å². The minimum absolute atomic E-state index is 0.00911. The molecule has 1 aromatic heterocycles. The zero-order chi connectivity index (χ0) is 15.2. The maximum Gasteiger partial charge on any atom is 0.242 e. The van der Waals surface area contributed by atoms with Crippen LogP contribution in [0.25, 0.3) is 0 Å². The first-order chi connectivity index (χ1) is 10.1. The highest BCUT2D eigenvalue weighted by atomic mass is 79.9. The van der Waals surface area contributed by atoms with Crippen LogP contribution in [0.4, 0.5) is 5.95 Å². The van der Waals surface area contributed by atoms with Crippen LogP contribution in [-0.2, 0) is 9.59 Å². The third-order valence-corrected chi connectivity index (χ3v) is 3.55. The van der Waals surface area contributed by atoms with Gasteiger partial charge in [-0.2, -0.15) is 0 Å². The summed E-state index contributed by atoms with van der Waals surface area (Å²) in [6.45, 7) is 2.37. The molecular weight excluding hydrogens is 340 g/mol. The number of aromatic nitrogens is 2. The number of nitrogens with two attached hydrogens (primary N) is 1. The van der Waals surface area contributed by atoms with Gasteiger partial charge < -0.3 is 20.9 Å². The minimum atomic E-state index is -0.328. The Hall–Kier alpha value is -1.74. The number of nitrogens with zero attached hydrogens (tertiary/aromatic N) is 4. The highest BCUT2D eigenvalue weighted by Crippen LogP contribution is 2.13. The van der Waals surface area contributed by atoms with E-state index in [-0.39, 0.29) is 24.9 Å². The van der Waals surface area contributed by atoms with E-state index in [4.69, 9.17) is 5.73 Å². The van der Waals surface area contributed by atoms with E-state index in [1.54, 1.807) is 17.3 Å². The number of hydrogen-bond acceptors (Lipinski definition) is 6. The monoisotopic (exact) mass is 356 g/mol. The van der Waals surface area contributed by atoms with E-state index in [0.29, 0.717) is 32.1 Å². The molecule has 2 heterocycles. The summed E-state index contributed by atoms with van der Waals surface area (Å²) in [6.07, 6.45) is 3.39. The van der Waals surface area contributed by atoms with Crippen molar-refractivity contribution in [2.45, 2.75) is 0 Å². The maximum atomic E-state index is 11.9. The van der Waals surface area contributed by atoms with E-state index in [1.807, 2.05) is 4.90 Å². The highest BCUT2D eigenvalue weighted by molar-refractivity contribution is 9.10. The normalized spacial score (nSPS) is 15.0. The molecule has 1 fully saturated rings. The van der Waals surface area contributed by atoms with E-state index in [9.17, 15) is 9.59 Å². The molecular formula is C12H17BrN6O2. The van der Waals surface area contributed by atoms with E-state index in [1.165, 1.54) is 0 Å². The standard InChI is InChI=1S/C12H17BrN6O2/c13-9-6-16-12(17-7-9)19-3-1-18(2-4-19)11(21)8-15-10(20)5-14/h6-7H,1-5,8,14H2,(H,15,20). The summed E-state index contributed by atoms with van der Waals surface area (Å²) in [7, 11) is 0. The Morgan fingerprint density at radius 1 is 1.24 bits per heavy atom. The Morgan fingerprint density at radius 2 is 1.86 bits per heavy atom. The van der Waals surface area contributed by atoms with Gasteiger partial charge in [-0.3, -0.25) is 9.59 Å². The molecule has 0 radical (unpaired) electrons. The lowest BCUT2D eigenvalue weighted by Crippen LogP contribution is -2.52. The average Bonchev–Trinajstić information content (AvgIpc) is 2.53. The molecule has 1 aliphatic rings. The van der Waals surface area contributed by atoms with E-state index >= 15 is 0 Å². The molecule has 0 atom stereocenters. The zero-order valence-electron chi connectivity index (χ0n) is 11.5. The quantitative estimate of drug-likeness (QED) is 0.714. The third-order valence-electron chi connectivity index (χ3n) is 3.14. The first kappa shape index (κ1) is 15.6. The molecule has 0 spiro atoms. The molecule has 2 rings (SSSR count). The topological polar surface area (TPSA) is 104 Å². The first-order valence-electron chi connectivity index (χ1n) is 6.57. The Kier molecular flexibility index (Phi) is 5.45. The second-order valence-electron chi connectivity index (χ2n) is 4.55. The fourth-order valence-electron chi connectivity index (χ4n) is 1.98.